The number of hydrogen-bond acceptors (Lipinski definition) is 4. The first-order valence-corrected chi connectivity index (χ1v) is 9.41. The smallest absolute Gasteiger partial charge is 0.274 e. The van der Waals surface area contributed by atoms with Gasteiger partial charge in [0, 0.05) is 37.5 Å². The summed E-state index contributed by atoms with van der Waals surface area (Å²) in [5, 5.41) is 12.5. The molecule has 0 saturated carbocycles. The van der Waals surface area contributed by atoms with Crippen molar-refractivity contribution in [2.24, 2.45) is 5.92 Å². The predicted octanol–water partition coefficient (Wildman–Crippen LogP) is 1.77. The van der Waals surface area contributed by atoms with E-state index >= 15 is 0 Å². The molecule has 1 fully saturated rings. The quantitative estimate of drug-likeness (QED) is 0.737. The minimum absolute atomic E-state index is 0.0795. The Morgan fingerprint density at radius 3 is 2.57 bits per heavy atom. The Morgan fingerprint density at radius 1 is 1.17 bits per heavy atom. The van der Waals surface area contributed by atoms with E-state index < -0.39 is 52.6 Å². The van der Waals surface area contributed by atoms with Crippen molar-refractivity contribution in [1.82, 2.24) is 14.8 Å². The minimum Gasteiger partial charge on any atom is -0.503 e. The fourth-order valence-electron chi connectivity index (χ4n) is 4.00. The molecule has 0 spiro atoms. The standard InChI is InChI=1S/C20H18F3N3O4/c1-2-9-6-26-15(9)8-25-7-11(17(27)18(28)16(25)20(26)30)19(29)24-5-10-3-13(22)14(23)4-12(10)21/h3-4,7,9,15,28H,2,5-6,8H2,1H3,(H,24,29)/t9-,15+/m1/s1. The zero-order valence-corrected chi connectivity index (χ0v) is 15.9. The highest BCUT2D eigenvalue weighted by atomic mass is 19.2. The molecule has 10 heteroatoms. The van der Waals surface area contributed by atoms with Gasteiger partial charge < -0.3 is 19.9 Å². The van der Waals surface area contributed by atoms with Crippen LogP contribution in [0.3, 0.4) is 0 Å². The van der Waals surface area contributed by atoms with Crippen molar-refractivity contribution in [3.63, 3.8) is 0 Å². The molecular formula is C20H18F3N3O4. The number of nitrogens with zero attached hydrogens (tertiary/aromatic N) is 2. The molecule has 0 bridgehead atoms. The maximum atomic E-state index is 13.7. The molecule has 1 saturated heterocycles. The number of aromatic hydroxyl groups is 1. The number of amides is 2. The minimum atomic E-state index is -1.36. The van der Waals surface area contributed by atoms with Crippen molar-refractivity contribution in [3.05, 3.63) is 62.8 Å². The molecule has 2 aliphatic rings. The molecule has 1 aromatic heterocycles. The van der Waals surface area contributed by atoms with Gasteiger partial charge in [-0.3, -0.25) is 14.4 Å². The number of halogens is 3. The van der Waals surface area contributed by atoms with E-state index in [0.29, 0.717) is 25.2 Å². The first-order valence-electron chi connectivity index (χ1n) is 9.41. The van der Waals surface area contributed by atoms with Gasteiger partial charge in [-0.15, -0.1) is 0 Å². The largest absolute Gasteiger partial charge is 0.503 e. The number of rotatable bonds is 4. The van der Waals surface area contributed by atoms with Crippen LogP contribution < -0.4 is 10.7 Å². The Kier molecular flexibility index (Phi) is 4.79. The molecule has 3 heterocycles. The van der Waals surface area contributed by atoms with Gasteiger partial charge in [0.1, 0.15) is 11.4 Å². The highest BCUT2D eigenvalue weighted by Gasteiger charge is 2.46. The number of carbonyl (C=O) groups excluding carboxylic acids is 2. The van der Waals surface area contributed by atoms with E-state index in [4.69, 9.17) is 0 Å². The normalized spacial score (nSPS) is 19.7. The molecule has 1 aromatic carbocycles. The molecule has 2 atom stereocenters. The maximum Gasteiger partial charge on any atom is 0.274 e. The summed E-state index contributed by atoms with van der Waals surface area (Å²) in [5.74, 6) is -5.64. The predicted molar refractivity (Wildman–Crippen MR) is 98.5 cm³/mol. The van der Waals surface area contributed by atoms with Gasteiger partial charge in [0.05, 0.1) is 6.04 Å². The molecule has 0 unspecified atom stereocenters. The van der Waals surface area contributed by atoms with E-state index in [1.54, 1.807) is 4.90 Å². The zero-order valence-electron chi connectivity index (χ0n) is 15.9. The molecule has 158 valence electrons. The lowest BCUT2D eigenvalue weighted by Gasteiger charge is -2.51. The molecule has 0 aliphatic carbocycles. The summed E-state index contributed by atoms with van der Waals surface area (Å²) >= 11 is 0. The van der Waals surface area contributed by atoms with E-state index in [1.807, 2.05) is 6.92 Å². The monoisotopic (exact) mass is 421 g/mol. The van der Waals surface area contributed by atoms with Crippen molar-refractivity contribution in [1.29, 1.82) is 0 Å². The van der Waals surface area contributed by atoms with Gasteiger partial charge in [0.2, 0.25) is 5.43 Å². The van der Waals surface area contributed by atoms with E-state index in [-0.39, 0.29) is 23.2 Å². The van der Waals surface area contributed by atoms with Crippen LogP contribution in [0.2, 0.25) is 0 Å². The molecule has 2 amide bonds. The molecule has 2 N–H and O–H groups in total. The van der Waals surface area contributed by atoms with Crippen molar-refractivity contribution < 1.29 is 27.9 Å². The van der Waals surface area contributed by atoms with Crippen LogP contribution in [0.1, 0.15) is 39.8 Å². The number of benzene rings is 1. The van der Waals surface area contributed by atoms with Crippen molar-refractivity contribution >= 4 is 11.8 Å². The highest BCUT2D eigenvalue weighted by molar-refractivity contribution is 5.99. The van der Waals surface area contributed by atoms with E-state index in [2.05, 4.69) is 5.32 Å². The summed E-state index contributed by atoms with van der Waals surface area (Å²) in [5.41, 5.74) is -1.96. The van der Waals surface area contributed by atoms with Crippen LogP contribution in [-0.4, -0.2) is 39.0 Å². The van der Waals surface area contributed by atoms with Crippen LogP contribution in [-0.2, 0) is 13.1 Å². The van der Waals surface area contributed by atoms with Gasteiger partial charge in [-0.1, -0.05) is 6.92 Å². The number of aromatic nitrogens is 1. The first-order chi connectivity index (χ1) is 14.2. The molecule has 2 aromatic rings. The van der Waals surface area contributed by atoms with Crippen LogP contribution in [0.25, 0.3) is 0 Å². The number of nitrogens with one attached hydrogen (secondary N) is 1. The summed E-state index contributed by atoms with van der Waals surface area (Å²) < 4.78 is 41.5. The molecule has 30 heavy (non-hydrogen) atoms. The van der Waals surface area contributed by atoms with Crippen LogP contribution >= 0.6 is 0 Å². The van der Waals surface area contributed by atoms with Crippen LogP contribution in [0.5, 0.6) is 5.75 Å². The summed E-state index contributed by atoms with van der Waals surface area (Å²) in [6, 6.07) is 0.886. The Morgan fingerprint density at radius 2 is 1.87 bits per heavy atom. The Hall–Kier alpha value is -3.30. The molecule has 0 radical (unpaired) electrons. The van der Waals surface area contributed by atoms with Crippen molar-refractivity contribution in [3.8, 4) is 5.75 Å². The highest BCUT2D eigenvalue weighted by Crippen LogP contribution is 2.35. The summed E-state index contributed by atoms with van der Waals surface area (Å²) in [6.45, 7) is 2.37. The SMILES string of the molecule is CC[C@@H]1CN2C(=O)c3c(O)c(=O)c(C(=O)NCc4cc(F)c(F)cc4F)cn3C[C@@H]12. The maximum absolute atomic E-state index is 13.7. The molecule has 2 aliphatic heterocycles. The average molecular weight is 421 g/mol. The van der Waals surface area contributed by atoms with Gasteiger partial charge in [0.25, 0.3) is 11.8 Å². The summed E-state index contributed by atoms with van der Waals surface area (Å²) in [4.78, 5) is 39.1. The van der Waals surface area contributed by atoms with Gasteiger partial charge in [-0.2, -0.15) is 0 Å². The lowest BCUT2D eigenvalue weighted by Crippen LogP contribution is -2.63. The fourth-order valence-corrected chi connectivity index (χ4v) is 4.00. The van der Waals surface area contributed by atoms with Gasteiger partial charge in [-0.05, 0) is 18.4 Å². The first kappa shape index (κ1) is 20.0. The third-order valence-corrected chi connectivity index (χ3v) is 5.78. The van der Waals surface area contributed by atoms with Gasteiger partial charge in [-0.25, -0.2) is 13.2 Å². The lowest BCUT2D eigenvalue weighted by atomic mass is 9.84. The van der Waals surface area contributed by atoms with Crippen molar-refractivity contribution in [2.75, 3.05) is 6.54 Å². The number of carbonyl (C=O) groups is 2. The van der Waals surface area contributed by atoms with Crippen LogP contribution in [0.15, 0.2) is 23.1 Å². The zero-order chi connectivity index (χ0) is 21.7. The number of hydrogen-bond donors (Lipinski definition) is 2. The second-order valence-electron chi connectivity index (χ2n) is 7.46. The third-order valence-electron chi connectivity index (χ3n) is 5.78. The topological polar surface area (TPSA) is 91.6 Å². The fraction of sp³-hybridized carbons (Fsp3) is 0.350. The number of fused-ring (bicyclic) bond motifs is 2. The lowest BCUT2D eigenvalue weighted by molar-refractivity contribution is -0.00401. The van der Waals surface area contributed by atoms with E-state index in [9.17, 15) is 32.7 Å². The molecule has 4 rings (SSSR count). The van der Waals surface area contributed by atoms with Gasteiger partial charge >= 0.3 is 0 Å². The van der Waals surface area contributed by atoms with Gasteiger partial charge in [0.15, 0.2) is 23.1 Å². The van der Waals surface area contributed by atoms with E-state index in [1.165, 1.54) is 10.8 Å². The summed E-state index contributed by atoms with van der Waals surface area (Å²) in [7, 11) is 0. The second kappa shape index (κ2) is 7.19. The Bertz CT molecular complexity index is 1130. The Labute approximate surface area is 168 Å². The van der Waals surface area contributed by atoms with Crippen LogP contribution in [0, 0.1) is 23.4 Å². The second-order valence-corrected chi connectivity index (χ2v) is 7.46. The van der Waals surface area contributed by atoms with Crippen LogP contribution in [0.4, 0.5) is 13.2 Å². The van der Waals surface area contributed by atoms with Crippen molar-refractivity contribution in [2.45, 2.75) is 32.5 Å². The van der Waals surface area contributed by atoms with E-state index in [0.717, 1.165) is 6.42 Å². The number of pyridine rings is 1. The molecular weight excluding hydrogens is 403 g/mol. The average Bonchev–Trinajstić information content (AvgIpc) is 2.68. The molecule has 7 nitrogen and oxygen atoms in total. The Balaban J connectivity index is 1.61. The third kappa shape index (κ3) is 3.03. The summed E-state index contributed by atoms with van der Waals surface area (Å²) in [6.07, 6.45) is 2.05.